The number of aliphatic carboxylic acids is 1. The van der Waals surface area contributed by atoms with E-state index in [1.165, 1.54) is 17.4 Å². The third-order valence-corrected chi connectivity index (χ3v) is 3.36. The van der Waals surface area contributed by atoms with Crippen molar-refractivity contribution in [2.75, 3.05) is 0 Å². The Morgan fingerprint density at radius 1 is 1.53 bits per heavy atom. The van der Waals surface area contributed by atoms with Gasteiger partial charge < -0.3 is 9.84 Å². The van der Waals surface area contributed by atoms with Gasteiger partial charge in [0.25, 0.3) is 0 Å². The van der Waals surface area contributed by atoms with Crippen LogP contribution < -0.4 is 4.74 Å². The second-order valence-corrected chi connectivity index (χ2v) is 5.26. The quantitative estimate of drug-likeness (QED) is 0.845. The molecule has 4 nitrogen and oxygen atoms in total. The van der Waals surface area contributed by atoms with Crippen molar-refractivity contribution in [3.63, 3.8) is 0 Å². The predicted molar refractivity (Wildman–Crippen MR) is 77.3 cm³/mol. The summed E-state index contributed by atoms with van der Waals surface area (Å²) in [6.45, 7) is 0.360. The van der Waals surface area contributed by atoms with Gasteiger partial charge in [0.05, 0.1) is 11.2 Å². The van der Waals surface area contributed by atoms with Crippen molar-refractivity contribution in [1.82, 2.24) is 4.98 Å². The fraction of sp³-hybridized carbons (Fsp3) is 0.0769. The van der Waals surface area contributed by atoms with Gasteiger partial charge in [-0.3, -0.25) is 0 Å². The Morgan fingerprint density at radius 2 is 2.37 bits per heavy atom. The summed E-state index contributed by atoms with van der Waals surface area (Å²) in [4.78, 5) is 14.7. The first-order valence-corrected chi connectivity index (χ1v) is 7.09. The molecule has 1 aromatic carbocycles. The first-order chi connectivity index (χ1) is 9.15. The highest BCUT2D eigenvalue weighted by atomic mass is 79.9. The molecule has 0 saturated heterocycles. The van der Waals surface area contributed by atoms with Gasteiger partial charge in [-0.15, -0.1) is 11.3 Å². The molecule has 0 aliphatic heterocycles. The van der Waals surface area contributed by atoms with Crippen LogP contribution in [-0.2, 0) is 11.4 Å². The van der Waals surface area contributed by atoms with Crippen LogP contribution in [0.5, 0.6) is 5.75 Å². The Balaban J connectivity index is 2.16. The average molecular weight is 340 g/mol. The van der Waals surface area contributed by atoms with Crippen LogP contribution in [0.25, 0.3) is 6.08 Å². The molecule has 0 amide bonds. The molecular formula is C13H10BrNO3S. The first kappa shape index (κ1) is 13.8. The Morgan fingerprint density at radius 3 is 3.05 bits per heavy atom. The van der Waals surface area contributed by atoms with Crippen molar-refractivity contribution in [2.45, 2.75) is 6.61 Å². The number of ether oxygens (including phenoxy) is 1. The van der Waals surface area contributed by atoms with E-state index < -0.39 is 5.97 Å². The zero-order valence-corrected chi connectivity index (χ0v) is 12.1. The second kappa shape index (κ2) is 6.49. The molecule has 19 heavy (non-hydrogen) atoms. The van der Waals surface area contributed by atoms with Gasteiger partial charge in [0.1, 0.15) is 12.4 Å². The largest absolute Gasteiger partial charge is 0.487 e. The summed E-state index contributed by atoms with van der Waals surface area (Å²) in [7, 11) is 0. The number of hydrogen-bond donors (Lipinski definition) is 1. The van der Waals surface area contributed by atoms with Crippen molar-refractivity contribution in [2.24, 2.45) is 0 Å². The molecule has 0 aliphatic rings. The van der Waals surface area contributed by atoms with E-state index in [4.69, 9.17) is 9.84 Å². The van der Waals surface area contributed by atoms with Crippen LogP contribution in [-0.4, -0.2) is 16.1 Å². The molecule has 0 spiro atoms. The molecule has 0 radical (unpaired) electrons. The van der Waals surface area contributed by atoms with Crippen LogP contribution in [0.15, 0.2) is 39.6 Å². The lowest BCUT2D eigenvalue weighted by molar-refractivity contribution is -0.131. The first-order valence-electron chi connectivity index (χ1n) is 5.35. The maximum absolute atomic E-state index is 10.6. The number of carboxylic acid groups (broad SMARTS) is 1. The van der Waals surface area contributed by atoms with Gasteiger partial charge in [-0.1, -0.05) is 15.9 Å². The van der Waals surface area contributed by atoms with Gasteiger partial charge in [0, 0.05) is 21.5 Å². The SMILES string of the molecule is O=C(O)C=Cc1cc(Br)ccc1OCc1cscn1. The number of nitrogens with zero attached hydrogens (tertiary/aromatic N) is 1. The van der Waals surface area contributed by atoms with Gasteiger partial charge >= 0.3 is 5.97 Å². The molecular weight excluding hydrogens is 330 g/mol. The number of thiazole rings is 1. The number of carbonyl (C=O) groups is 1. The molecule has 0 aliphatic carbocycles. The fourth-order valence-corrected chi connectivity index (χ4v) is 2.32. The van der Waals surface area contributed by atoms with Crippen LogP contribution in [0.2, 0.25) is 0 Å². The highest BCUT2D eigenvalue weighted by Crippen LogP contribution is 2.25. The maximum Gasteiger partial charge on any atom is 0.328 e. The normalized spacial score (nSPS) is 10.8. The molecule has 0 atom stereocenters. The van der Waals surface area contributed by atoms with E-state index in [9.17, 15) is 4.79 Å². The minimum Gasteiger partial charge on any atom is -0.487 e. The predicted octanol–water partition coefficient (Wildman–Crippen LogP) is 3.58. The van der Waals surface area contributed by atoms with E-state index in [0.717, 1.165) is 16.2 Å². The number of rotatable bonds is 5. The molecule has 1 aromatic heterocycles. The van der Waals surface area contributed by atoms with Crippen LogP contribution in [0.3, 0.4) is 0 Å². The maximum atomic E-state index is 10.6. The molecule has 0 bridgehead atoms. The number of carboxylic acids is 1. The lowest BCUT2D eigenvalue weighted by Crippen LogP contribution is -1.97. The van der Waals surface area contributed by atoms with Crippen LogP contribution in [0, 0.1) is 0 Å². The summed E-state index contributed by atoms with van der Waals surface area (Å²) in [5.74, 6) is -0.376. The number of benzene rings is 1. The summed E-state index contributed by atoms with van der Waals surface area (Å²) in [5, 5.41) is 10.6. The topological polar surface area (TPSA) is 59.4 Å². The van der Waals surface area contributed by atoms with Crippen LogP contribution in [0.1, 0.15) is 11.3 Å². The lowest BCUT2D eigenvalue weighted by Gasteiger charge is -2.08. The van der Waals surface area contributed by atoms with Crippen LogP contribution in [0.4, 0.5) is 0 Å². The third-order valence-electron chi connectivity index (χ3n) is 2.24. The highest BCUT2D eigenvalue weighted by molar-refractivity contribution is 9.10. The minimum atomic E-state index is -0.995. The van der Waals surface area contributed by atoms with E-state index in [-0.39, 0.29) is 0 Å². The van der Waals surface area contributed by atoms with Crippen molar-refractivity contribution in [3.05, 3.63) is 50.9 Å². The van der Waals surface area contributed by atoms with Crippen molar-refractivity contribution >= 4 is 39.3 Å². The fourth-order valence-electron chi connectivity index (χ4n) is 1.40. The molecule has 1 heterocycles. The molecule has 0 saturated carbocycles. The minimum absolute atomic E-state index is 0.360. The monoisotopic (exact) mass is 339 g/mol. The summed E-state index contributed by atoms with van der Waals surface area (Å²) in [5.41, 5.74) is 3.29. The standard InChI is InChI=1S/C13H10BrNO3S/c14-10-2-3-12(9(5-10)1-4-13(16)17)18-6-11-7-19-8-15-11/h1-5,7-8H,6H2,(H,16,17). The Kier molecular flexibility index (Phi) is 4.70. The van der Waals surface area contributed by atoms with Gasteiger partial charge in [-0.05, 0) is 24.3 Å². The van der Waals surface area contributed by atoms with Gasteiger partial charge in [0.2, 0.25) is 0 Å². The van der Waals surface area contributed by atoms with E-state index in [2.05, 4.69) is 20.9 Å². The Bertz CT molecular complexity index is 596. The summed E-state index contributed by atoms with van der Waals surface area (Å²) in [6, 6.07) is 5.43. The average Bonchev–Trinajstić information content (AvgIpc) is 2.88. The van der Waals surface area contributed by atoms with E-state index in [1.807, 2.05) is 11.4 Å². The van der Waals surface area contributed by atoms with E-state index in [0.29, 0.717) is 17.9 Å². The number of hydrogen-bond acceptors (Lipinski definition) is 4. The number of halogens is 1. The van der Waals surface area contributed by atoms with Gasteiger partial charge in [-0.2, -0.15) is 0 Å². The zero-order chi connectivity index (χ0) is 13.7. The molecule has 1 N–H and O–H groups in total. The zero-order valence-electron chi connectivity index (χ0n) is 9.75. The summed E-state index contributed by atoms with van der Waals surface area (Å²) >= 11 is 4.85. The molecule has 98 valence electrons. The third kappa shape index (κ3) is 4.18. The molecule has 6 heteroatoms. The van der Waals surface area contributed by atoms with Crippen molar-refractivity contribution in [3.8, 4) is 5.75 Å². The Hall–Kier alpha value is -1.66. The van der Waals surface area contributed by atoms with Crippen molar-refractivity contribution < 1.29 is 14.6 Å². The highest BCUT2D eigenvalue weighted by Gasteiger charge is 2.04. The van der Waals surface area contributed by atoms with E-state index >= 15 is 0 Å². The summed E-state index contributed by atoms with van der Waals surface area (Å²) in [6.07, 6.45) is 2.58. The molecule has 0 fully saturated rings. The lowest BCUT2D eigenvalue weighted by atomic mass is 10.2. The second-order valence-electron chi connectivity index (χ2n) is 3.62. The molecule has 2 rings (SSSR count). The number of aromatic nitrogens is 1. The Labute approximate surface area is 122 Å². The smallest absolute Gasteiger partial charge is 0.328 e. The van der Waals surface area contributed by atoms with Crippen LogP contribution >= 0.6 is 27.3 Å². The summed E-state index contributed by atoms with van der Waals surface area (Å²) < 4.78 is 6.51. The van der Waals surface area contributed by atoms with Gasteiger partial charge in [-0.25, -0.2) is 9.78 Å². The molecule has 2 aromatic rings. The van der Waals surface area contributed by atoms with E-state index in [1.54, 1.807) is 17.6 Å². The van der Waals surface area contributed by atoms with Gasteiger partial charge in [0.15, 0.2) is 0 Å². The molecule has 0 unspecified atom stereocenters. The van der Waals surface area contributed by atoms with Crippen molar-refractivity contribution in [1.29, 1.82) is 0 Å².